The van der Waals surface area contributed by atoms with Crippen LogP contribution in [0.2, 0.25) is 0 Å². The zero-order valence-electron chi connectivity index (χ0n) is 9.98. The average molecular weight is 314 g/mol. The van der Waals surface area contributed by atoms with Gasteiger partial charge in [0.25, 0.3) is 0 Å². The van der Waals surface area contributed by atoms with Crippen LogP contribution < -0.4 is 5.32 Å². The molecule has 0 aliphatic heterocycles. The molecule has 92 valence electrons. The van der Waals surface area contributed by atoms with Gasteiger partial charge in [-0.05, 0) is 33.9 Å². The smallest absolute Gasteiger partial charge is 0.0537 e. The normalized spacial score (nSPS) is 12.9. The zero-order chi connectivity index (χ0) is 12.3. The summed E-state index contributed by atoms with van der Waals surface area (Å²) < 4.78 is 3.05. The summed E-state index contributed by atoms with van der Waals surface area (Å²) in [4.78, 5) is 1.37. The largest absolute Gasteiger partial charge is 0.310 e. The number of hydrogen-bond acceptors (Lipinski definition) is 3. The molecule has 1 unspecified atom stereocenters. The lowest BCUT2D eigenvalue weighted by Gasteiger charge is -2.15. The predicted molar refractivity (Wildman–Crippen MR) is 75.3 cm³/mol. The maximum atomic E-state index is 4.24. The summed E-state index contributed by atoms with van der Waals surface area (Å²) in [5.41, 5.74) is 1.25. The first-order valence-corrected chi connectivity index (χ1v) is 7.31. The molecule has 1 N–H and O–H groups in total. The van der Waals surface area contributed by atoms with Crippen molar-refractivity contribution in [2.75, 3.05) is 6.54 Å². The molecular weight excluding hydrogens is 298 g/mol. The van der Waals surface area contributed by atoms with E-state index in [1.165, 1.54) is 14.9 Å². The Kier molecular flexibility index (Phi) is 4.36. The molecule has 0 bridgehead atoms. The predicted octanol–water partition coefficient (Wildman–Crippen LogP) is 3.14. The Morgan fingerprint density at radius 3 is 2.94 bits per heavy atom. The van der Waals surface area contributed by atoms with E-state index in [2.05, 4.69) is 50.9 Å². The van der Waals surface area contributed by atoms with Crippen molar-refractivity contribution >= 4 is 27.3 Å². The summed E-state index contributed by atoms with van der Waals surface area (Å²) in [6.07, 6.45) is 5.02. The maximum absolute atomic E-state index is 4.24. The van der Waals surface area contributed by atoms with E-state index >= 15 is 0 Å². The molecule has 17 heavy (non-hydrogen) atoms. The van der Waals surface area contributed by atoms with Gasteiger partial charge in [0.2, 0.25) is 0 Å². The quantitative estimate of drug-likeness (QED) is 0.919. The van der Waals surface area contributed by atoms with Gasteiger partial charge >= 0.3 is 0 Å². The van der Waals surface area contributed by atoms with Gasteiger partial charge in [-0.15, -0.1) is 11.3 Å². The monoisotopic (exact) mass is 313 g/mol. The molecule has 0 radical (unpaired) electrons. The average Bonchev–Trinajstić information content (AvgIpc) is 2.88. The fraction of sp³-hybridized carbons (Fsp3) is 0.417. The van der Waals surface area contributed by atoms with Crippen molar-refractivity contribution in [1.29, 1.82) is 0 Å². The lowest BCUT2D eigenvalue weighted by atomic mass is 10.1. The minimum absolute atomic E-state index is 0.337. The second kappa shape index (κ2) is 5.80. The zero-order valence-corrected chi connectivity index (χ0v) is 12.4. The van der Waals surface area contributed by atoms with Crippen LogP contribution in [-0.4, -0.2) is 16.3 Å². The van der Waals surface area contributed by atoms with Gasteiger partial charge in [-0.2, -0.15) is 5.10 Å². The molecule has 5 heteroatoms. The van der Waals surface area contributed by atoms with E-state index in [4.69, 9.17) is 0 Å². The minimum Gasteiger partial charge on any atom is -0.310 e. The standard InChI is InChI=1S/C12H16BrN3S/c1-3-14-11(9-7-15-16(2)8-9)6-12-10(13)4-5-17-12/h4-5,7-8,11,14H,3,6H2,1-2H3. The third-order valence-electron chi connectivity index (χ3n) is 2.66. The Labute approximate surface area is 114 Å². The number of nitrogens with zero attached hydrogens (tertiary/aromatic N) is 2. The van der Waals surface area contributed by atoms with Gasteiger partial charge in [0.1, 0.15) is 0 Å². The lowest BCUT2D eigenvalue weighted by Crippen LogP contribution is -2.22. The Balaban J connectivity index is 2.15. The number of aromatic nitrogens is 2. The van der Waals surface area contributed by atoms with Crippen LogP contribution in [0.1, 0.15) is 23.4 Å². The number of halogens is 1. The van der Waals surface area contributed by atoms with Crippen molar-refractivity contribution in [2.45, 2.75) is 19.4 Å². The molecule has 2 aromatic heterocycles. The van der Waals surface area contributed by atoms with Crippen LogP contribution in [0.3, 0.4) is 0 Å². The van der Waals surface area contributed by atoms with Gasteiger partial charge in [-0.1, -0.05) is 6.92 Å². The molecule has 1 atom stereocenters. The first kappa shape index (κ1) is 12.8. The van der Waals surface area contributed by atoms with Crippen LogP contribution in [0.4, 0.5) is 0 Å². The summed E-state index contributed by atoms with van der Waals surface area (Å²) in [7, 11) is 1.95. The molecule has 0 aliphatic carbocycles. The van der Waals surface area contributed by atoms with Crippen molar-refractivity contribution in [2.24, 2.45) is 7.05 Å². The SMILES string of the molecule is CCNC(Cc1sccc1Br)c1cnn(C)c1. The fourth-order valence-corrected chi connectivity index (χ4v) is 3.39. The van der Waals surface area contributed by atoms with Crippen molar-refractivity contribution in [3.05, 3.63) is 38.8 Å². The summed E-state index contributed by atoms with van der Waals surface area (Å²) in [6.45, 7) is 3.09. The molecule has 0 amide bonds. The van der Waals surface area contributed by atoms with Crippen molar-refractivity contribution in [3.63, 3.8) is 0 Å². The summed E-state index contributed by atoms with van der Waals surface area (Å²) in [5, 5.41) is 9.87. The van der Waals surface area contributed by atoms with E-state index in [1.54, 1.807) is 11.3 Å². The highest BCUT2D eigenvalue weighted by molar-refractivity contribution is 9.10. The van der Waals surface area contributed by atoms with Crippen LogP contribution in [-0.2, 0) is 13.5 Å². The van der Waals surface area contributed by atoms with E-state index in [9.17, 15) is 0 Å². The molecule has 0 fully saturated rings. The van der Waals surface area contributed by atoms with Crippen LogP contribution in [0.25, 0.3) is 0 Å². The number of rotatable bonds is 5. The van der Waals surface area contributed by atoms with E-state index in [1.807, 2.05) is 17.9 Å². The number of hydrogen-bond donors (Lipinski definition) is 1. The molecule has 2 rings (SSSR count). The second-order valence-corrected chi connectivity index (χ2v) is 5.81. The van der Waals surface area contributed by atoms with E-state index in [0.29, 0.717) is 6.04 Å². The van der Waals surface area contributed by atoms with Crippen molar-refractivity contribution in [3.8, 4) is 0 Å². The topological polar surface area (TPSA) is 29.9 Å². The first-order chi connectivity index (χ1) is 8.20. The molecule has 2 aromatic rings. The van der Waals surface area contributed by atoms with Gasteiger partial charge < -0.3 is 5.32 Å². The lowest BCUT2D eigenvalue weighted by molar-refractivity contribution is 0.552. The Morgan fingerprint density at radius 1 is 1.59 bits per heavy atom. The highest BCUT2D eigenvalue weighted by atomic mass is 79.9. The molecule has 3 nitrogen and oxygen atoms in total. The maximum Gasteiger partial charge on any atom is 0.0537 e. The van der Waals surface area contributed by atoms with E-state index in [-0.39, 0.29) is 0 Å². The van der Waals surface area contributed by atoms with E-state index in [0.717, 1.165) is 13.0 Å². The Morgan fingerprint density at radius 2 is 2.41 bits per heavy atom. The van der Waals surface area contributed by atoms with Gasteiger partial charge in [-0.3, -0.25) is 4.68 Å². The highest BCUT2D eigenvalue weighted by Gasteiger charge is 2.15. The number of thiophene rings is 1. The van der Waals surface area contributed by atoms with Gasteiger partial charge in [0, 0.05) is 40.6 Å². The number of aryl methyl sites for hydroxylation is 1. The van der Waals surface area contributed by atoms with Gasteiger partial charge in [-0.25, -0.2) is 0 Å². The van der Waals surface area contributed by atoms with Crippen LogP contribution in [0.5, 0.6) is 0 Å². The highest BCUT2D eigenvalue weighted by Crippen LogP contribution is 2.28. The molecule has 0 saturated carbocycles. The molecule has 0 aromatic carbocycles. The van der Waals surface area contributed by atoms with Crippen LogP contribution in [0, 0.1) is 0 Å². The number of likely N-dealkylation sites (N-methyl/N-ethyl adjacent to an activating group) is 1. The third-order valence-corrected chi connectivity index (χ3v) is 4.61. The summed E-state index contributed by atoms with van der Waals surface area (Å²) in [5.74, 6) is 0. The Bertz CT molecular complexity index is 478. The first-order valence-electron chi connectivity index (χ1n) is 5.64. The fourth-order valence-electron chi connectivity index (χ4n) is 1.83. The molecule has 0 spiro atoms. The Hall–Kier alpha value is -0.650. The van der Waals surface area contributed by atoms with E-state index < -0.39 is 0 Å². The molecule has 0 saturated heterocycles. The second-order valence-electron chi connectivity index (χ2n) is 3.95. The number of nitrogens with one attached hydrogen (secondary N) is 1. The van der Waals surface area contributed by atoms with Crippen molar-refractivity contribution < 1.29 is 0 Å². The van der Waals surface area contributed by atoms with Crippen LogP contribution >= 0.6 is 27.3 Å². The molecule has 2 heterocycles. The summed E-state index contributed by atoms with van der Waals surface area (Å²) in [6, 6.07) is 2.44. The summed E-state index contributed by atoms with van der Waals surface area (Å²) >= 11 is 5.38. The molecular formula is C12H16BrN3S. The van der Waals surface area contributed by atoms with Gasteiger partial charge in [0.15, 0.2) is 0 Å². The van der Waals surface area contributed by atoms with Crippen molar-refractivity contribution in [1.82, 2.24) is 15.1 Å². The van der Waals surface area contributed by atoms with Crippen LogP contribution in [0.15, 0.2) is 28.3 Å². The van der Waals surface area contributed by atoms with Gasteiger partial charge in [0.05, 0.1) is 6.20 Å². The minimum atomic E-state index is 0.337. The molecule has 0 aliphatic rings. The third kappa shape index (κ3) is 3.18.